The number of fused-ring (bicyclic) bond motifs is 2. The third-order valence-corrected chi connectivity index (χ3v) is 5.80. The van der Waals surface area contributed by atoms with Crippen LogP contribution in [0.4, 0.5) is 10.5 Å². The van der Waals surface area contributed by atoms with Gasteiger partial charge in [0.25, 0.3) is 0 Å². The molecular weight excluding hydrogens is 358 g/mol. The number of ether oxygens (including phenoxy) is 2. The molecule has 0 saturated carbocycles. The smallest absolute Gasteiger partial charge is 0.407 e. The normalized spacial score (nSPS) is 21.5. The van der Waals surface area contributed by atoms with E-state index in [1.54, 1.807) is 14.2 Å². The van der Waals surface area contributed by atoms with Gasteiger partial charge >= 0.3 is 6.09 Å². The lowest BCUT2D eigenvalue weighted by molar-refractivity contribution is 0.119. The summed E-state index contributed by atoms with van der Waals surface area (Å²) in [5.41, 5.74) is 4.32. The van der Waals surface area contributed by atoms with Crippen LogP contribution in [0, 0.1) is 5.92 Å². The molecule has 1 aliphatic carbocycles. The third-order valence-electron chi connectivity index (χ3n) is 5.80. The monoisotopic (exact) mass is 385 g/mol. The summed E-state index contributed by atoms with van der Waals surface area (Å²) in [6.45, 7) is 3.19. The number of likely N-dealkylation sites (tertiary alicyclic amines) is 1. The Morgan fingerprint density at radius 2 is 1.96 bits per heavy atom. The fraction of sp³-hybridized carbons (Fsp3) is 0.524. The molecule has 2 atom stereocenters. The second kappa shape index (κ2) is 7.37. The Bertz CT molecular complexity index is 914. The third kappa shape index (κ3) is 3.30. The van der Waals surface area contributed by atoms with Gasteiger partial charge < -0.3 is 24.8 Å². The number of aromatic nitrogens is 1. The van der Waals surface area contributed by atoms with Gasteiger partial charge in [-0.05, 0) is 43.2 Å². The molecule has 2 aliphatic rings. The molecule has 2 aromatic rings. The van der Waals surface area contributed by atoms with Crippen molar-refractivity contribution < 1.29 is 19.4 Å². The van der Waals surface area contributed by atoms with Gasteiger partial charge in [0.2, 0.25) is 0 Å². The number of nitrogens with one attached hydrogen (secondary N) is 1. The summed E-state index contributed by atoms with van der Waals surface area (Å²) < 4.78 is 11.0. The molecule has 1 fully saturated rings. The maximum atomic E-state index is 11.5. The quantitative estimate of drug-likeness (QED) is 0.838. The Kier molecular flexibility index (Phi) is 4.91. The molecular formula is C21H27N3O4. The number of amides is 1. The van der Waals surface area contributed by atoms with E-state index in [2.05, 4.69) is 12.2 Å². The van der Waals surface area contributed by atoms with E-state index in [0.29, 0.717) is 30.5 Å². The van der Waals surface area contributed by atoms with Crippen molar-refractivity contribution in [3.8, 4) is 11.5 Å². The van der Waals surface area contributed by atoms with Crippen molar-refractivity contribution >= 4 is 22.7 Å². The summed E-state index contributed by atoms with van der Waals surface area (Å²) in [6, 6.07) is 3.97. The van der Waals surface area contributed by atoms with Crippen LogP contribution >= 0.6 is 0 Å². The summed E-state index contributed by atoms with van der Waals surface area (Å²) in [4.78, 5) is 17.9. The molecule has 7 nitrogen and oxygen atoms in total. The predicted molar refractivity (Wildman–Crippen MR) is 108 cm³/mol. The van der Waals surface area contributed by atoms with Crippen molar-refractivity contribution in [3.05, 3.63) is 23.4 Å². The van der Waals surface area contributed by atoms with Gasteiger partial charge in [0.15, 0.2) is 11.5 Å². The van der Waals surface area contributed by atoms with E-state index in [0.717, 1.165) is 48.0 Å². The second-order valence-corrected chi connectivity index (χ2v) is 7.86. The molecule has 1 amide bonds. The maximum Gasteiger partial charge on any atom is 0.407 e. The van der Waals surface area contributed by atoms with Gasteiger partial charge in [0, 0.05) is 42.0 Å². The van der Waals surface area contributed by atoms with Crippen LogP contribution in [0.25, 0.3) is 10.9 Å². The number of piperidine rings is 1. The van der Waals surface area contributed by atoms with Crippen LogP contribution in [-0.2, 0) is 12.8 Å². The van der Waals surface area contributed by atoms with E-state index < -0.39 is 6.09 Å². The van der Waals surface area contributed by atoms with Gasteiger partial charge in [-0.2, -0.15) is 0 Å². The molecule has 7 heteroatoms. The van der Waals surface area contributed by atoms with Crippen molar-refractivity contribution in [1.82, 2.24) is 9.88 Å². The number of anilines is 1. The molecule has 2 N–H and O–H groups in total. The molecule has 4 rings (SSSR count). The Hall–Kier alpha value is -2.70. The highest BCUT2D eigenvalue weighted by Crippen LogP contribution is 2.40. The lowest BCUT2D eigenvalue weighted by Crippen LogP contribution is -2.47. The number of aryl methyl sites for hydroxylation is 1. The first-order valence-electron chi connectivity index (χ1n) is 9.82. The molecule has 2 heterocycles. The van der Waals surface area contributed by atoms with Crippen LogP contribution in [0.2, 0.25) is 0 Å². The first-order chi connectivity index (χ1) is 13.5. The lowest BCUT2D eigenvalue weighted by atomic mass is 9.95. The van der Waals surface area contributed by atoms with Crippen LogP contribution in [0.5, 0.6) is 11.5 Å². The summed E-state index contributed by atoms with van der Waals surface area (Å²) >= 11 is 0. The van der Waals surface area contributed by atoms with Crippen molar-refractivity contribution in [3.63, 3.8) is 0 Å². The van der Waals surface area contributed by atoms with Gasteiger partial charge in [-0.25, -0.2) is 4.79 Å². The fourth-order valence-electron chi connectivity index (χ4n) is 4.57. The second-order valence-electron chi connectivity index (χ2n) is 7.86. The van der Waals surface area contributed by atoms with Crippen LogP contribution in [0.15, 0.2) is 12.1 Å². The van der Waals surface area contributed by atoms with Gasteiger partial charge in [-0.3, -0.25) is 4.98 Å². The van der Waals surface area contributed by atoms with Crippen LogP contribution < -0.4 is 14.8 Å². The standard InChI is InChI=1S/C21H27N3O4/c1-12-7-13(11-24(10-12)21(25)26)22-20-14-5-4-6-16(14)23-17-9-19(28-3)18(27-2)8-15(17)20/h8-9,12-13H,4-7,10-11H2,1-3H3,(H,22,23)(H,25,26)/t12-,13+/m1/s1. The van der Waals surface area contributed by atoms with Gasteiger partial charge in [-0.15, -0.1) is 0 Å². The number of pyridine rings is 1. The summed E-state index contributed by atoms with van der Waals surface area (Å²) in [7, 11) is 3.26. The molecule has 0 spiro atoms. The van der Waals surface area contributed by atoms with Crippen LogP contribution in [0.1, 0.15) is 31.0 Å². The zero-order valence-corrected chi connectivity index (χ0v) is 16.6. The topological polar surface area (TPSA) is 83.9 Å². The molecule has 150 valence electrons. The number of rotatable bonds is 4. The molecule has 1 aliphatic heterocycles. The Morgan fingerprint density at radius 3 is 2.68 bits per heavy atom. The molecule has 1 aromatic heterocycles. The lowest BCUT2D eigenvalue weighted by Gasteiger charge is -2.36. The highest BCUT2D eigenvalue weighted by molar-refractivity contribution is 5.96. The Morgan fingerprint density at radius 1 is 1.21 bits per heavy atom. The van der Waals surface area contributed by atoms with Gasteiger partial charge in [0.05, 0.1) is 19.7 Å². The van der Waals surface area contributed by atoms with Gasteiger partial charge in [-0.1, -0.05) is 6.92 Å². The minimum absolute atomic E-state index is 0.0725. The summed E-state index contributed by atoms with van der Waals surface area (Å²) in [5.74, 6) is 1.65. The molecule has 0 bridgehead atoms. The first kappa shape index (κ1) is 18.7. The molecule has 1 aromatic carbocycles. The Balaban J connectivity index is 1.78. The van der Waals surface area contributed by atoms with Crippen LogP contribution in [-0.4, -0.2) is 54.4 Å². The minimum atomic E-state index is -0.852. The average Bonchev–Trinajstić information content (AvgIpc) is 3.14. The molecule has 0 unspecified atom stereocenters. The number of nitrogens with zero attached hydrogens (tertiary/aromatic N) is 2. The van der Waals surface area contributed by atoms with E-state index in [1.807, 2.05) is 12.1 Å². The van der Waals surface area contributed by atoms with E-state index in [-0.39, 0.29) is 6.04 Å². The van der Waals surface area contributed by atoms with Gasteiger partial charge in [0.1, 0.15) is 0 Å². The van der Waals surface area contributed by atoms with Crippen LogP contribution in [0.3, 0.4) is 0 Å². The van der Waals surface area contributed by atoms with Crippen molar-refractivity contribution in [2.45, 2.75) is 38.6 Å². The van der Waals surface area contributed by atoms with E-state index in [1.165, 1.54) is 10.5 Å². The fourth-order valence-corrected chi connectivity index (χ4v) is 4.57. The number of hydrogen-bond donors (Lipinski definition) is 2. The molecule has 1 saturated heterocycles. The largest absolute Gasteiger partial charge is 0.493 e. The summed E-state index contributed by atoms with van der Waals surface area (Å²) in [5, 5.41) is 14.1. The SMILES string of the molecule is COc1cc2nc3c(c(N[C@H]4C[C@@H](C)CN(C(=O)O)C4)c2cc1OC)CCC3. The highest BCUT2D eigenvalue weighted by Gasteiger charge is 2.29. The first-order valence-corrected chi connectivity index (χ1v) is 9.82. The molecule has 0 radical (unpaired) electrons. The van der Waals surface area contributed by atoms with E-state index in [4.69, 9.17) is 14.5 Å². The zero-order chi connectivity index (χ0) is 19.8. The number of benzene rings is 1. The minimum Gasteiger partial charge on any atom is -0.493 e. The van der Waals surface area contributed by atoms with E-state index in [9.17, 15) is 9.90 Å². The predicted octanol–water partition coefficient (Wildman–Crippen LogP) is 3.54. The van der Waals surface area contributed by atoms with Crippen molar-refractivity contribution in [2.75, 3.05) is 32.6 Å². The number of carbonyl (C=O) groups is 1. The highest BCUT2D eigenvalue weighted by atomic mass is 16.5. The van der Waals surface area contributed by atoms with E-state index >= 15 is 0 Å². The Labute approximate surface area is 164 Å². The van der Waals surface area contributed by atoms with Crippen molar-refractivity contribution in [2.24, 2.45) is 5.92 Å². The average molecular weight is 385 g/mol. The summed E-state index contributed by atoms with van der Waals surface area (Å²) in [6.07, 6.45) is 3.13. The maximum absolute atomic E-state index is 11.5. The number of hydrogen-bond acceptors (Lipinski definition) is 5. The van der Waals surface area contributed by atoms with Crippen molar-refractivity contribution in [1.29, 1.82) is 0 Å². The number of carboxylic acid groups (broad SMARTS) is 1. The zero-order valence-electron chi connectivity index (χ0n) is 16.6. The number of methoxy groups -OCH3 is 2. The molecule has 28 heavy (non-hydrogen) atoms.